The Labute approximate surface area is 149 Å². The average molecular weight is 362 g/mol. The van der Waals surface area contributed by atoms with Gasteiger partial charge >= 0.3 is 0 Å². The number of non-ortho nitro benzene ring substituents is 1. The molecule has 0 spiro atoms. The lowest BCUT2D eigenvalue weighted by Gasteiger charge is -2.09. The molecule has 2 aromatic carbocycles. The smallest absolute Gasteiger partial charge is 0.277 e. The molecule has 0 bridgehead atoms. The number of nitrogens with zero attached hydrogens (tertiary/aromatic N) is 2. The van der Waals surface area contributed by atoms with Gasteiger partial charge in [-0.1, -0.05) is 11.6 Å². The van der Waals surface area contributed by atoms with Crippen molar-refractivity contribution >= 4 is 29.4 Å². The van der Waals surface area contributed by atoms with Crippen molar-refractivity contribution in [1.29, 1.82) is 0 Å². The van der Waals surface area contributed by atoms with Gasteiger partial charge in [0.15, 0.2) is 6.61 Å². The third-order valence-electron chi connectivity index (χ3n) is 3.29. The normalized spacial score (nSPS) is 10.7. The summed E-state index contributed by atoms with van der Waals surface area (Å²) in [6, 6.07) is 9.29. The number of carbonyl (C=O) groups is 1. The zero-order chi connectivity index (χ0) is 18.4. The fourth-order valence-electron chi connectivity index (χ4n) is 2.03. The lowest BCUT2D eigenvalue weighted by atomic mass is 10.1. The number of nitro groups is 1. The van der Waals surface area contributed by atoms with Crippen LogP contribution >= 0.6 is 11.6 Å². The van der Waals surface area contributed by atoms with Gasteiger partial charge in [-0.15, -0.1) is 0 Å². The molecule has 2 aromatic rings. The molecule has 2 rings (SSSR count). The molecule has 0 saturated carbocycles. The van der Waals surface area contributed by atoms with Crippen molar-refractivity contribution in [2.75, 3.05) is 6.61 Å². The Morgan fingerprint density at radius 2 is 1.88 bits per heavy atom. The number of rotatable bonds is 6. The highest BCUT2D eigenvalue weighted by Crippen LogP contribution is 2.25. The quantitative estimate of drug-likeness (QED) is 0.484. The van der Waals surface area contributed by atoms with E-state index in [0.717, 1.165) is 11.1 Å². The topological polar surface area (TPSA) is 93.8 Å². The van der Waals surface area contributed by atoms with Crippen molar-refractivity contribution in [2.45, 2.75) is 13.8 Å². The van der Waals surface area contributed by atoms with Crippen LogP contribution in [0.3, 0.4) is 0 Å². The van der Waals surface area contributed by atoms with Gasteiger partial charge in [-0.25, -0.2) is 5.43 Å². The molecular formula is C17H16ClN3O4. The Hall–Kier alpha value is -2.93. The first-order valence-electron chi connectivity index (χ1n) is 7.32. The molecule has 8 heteroatoms. The first kappa shape index (κ1) is 18.4. The van der Waals surface area contributed by atoms with Gasteiger partial charge in [0, 0.05) is 17.2 Å². The monoisotopic (exact) mass is 361 g/mol. The minimum atomic E-state index is -0.486. The number of nitro benzene ring substituents is 1. The van der Waals surface area contributed by atoms with Gasteiger partial charge in [0.05, 0.1) is 11.1 Å². The standard InChI is InChI=1S/C17H16ClN3O4/c1-11-7-15(8-12(2)17(11)18)25-10-16(22)20-19-9-13-3-5-14(6-4-13)21(23)24/h3-9H,10H2,1-2H3,(H,20,22)/b19-9+. The fraction of sp³-hybridized carbons (Fsp3) is 0.176. The van der Waals surface area contributed by atoms with Gasteiger partial charge in [0.1, 0.15) is 5.75 Å². The summed E-state index contributed by atoms with van der Waals surface area (Å²) in [7, 11) is 0. The van der Waals surface area contributed by atoms with Crippen LogP contribution in [0.4, 0.5) is 5.69 Å². The second-order valence-electron chi connectivity index (χ2n) is 5.30. The number of aryl methyl sites for hydroxylation is 2. The maximum absolute atomic E-state index is 11.7. The van der Waals surface area contributed by atoms with Crippen molar-refractivity contribution < 1.29 is 14.5 Å². The van der Waals surface area contributed by atoms with E-state index < -0.39 is 10.8 Å². The molecule has 0 unspecified atom stereocenters. The number of benzene rings is 2. The van der Waals surface area contributed by atoms with Crippen LogP contribution in [0, 0.1) is 24.0 Å². The molecule has 0 saturated heterocycles. The molecule has 25 heavy (non-hydrogen) atoms. The Morgan fingerprint density at radius 1 is 1.28 bits per heavy atom. The lowest BCUT2D eigenvalue weighted by molar-refractivity contribution is -0.384. The van der Waals surface area contributed by atoms with E-state index in [9.17, 15) is 14.9 Å². The summed E-state index contributed by atoms with van der Waals surface area (Å²) in [5.41, 5.74) is 4.67. The maximum Gasteiger partial charge on any atom is 0.277 e. The van der Waals surface area contributed by atoms with E-state index in [2.05, 4.69) is 10.5 Å². The summed E-state index contributed by atoms with van der Waals surface area (Å²) in [6.07, 6.45) is 1.39. The summed E-state index contributed by atoms with van der Waals surface area (Å²) in [4.78, 5) is 21.8. The number of nitrogens with one attached hydrogen (secondary N) is 1. The minimum Gasteiger partial charge on any atom is -0.484 e. The molecule has 1 amide bonds. The van der Waals surface area contributed by atoms with Crippen LogP contribution in [0.25, 0.3) is 0 Å². The van der Waals surface area contributed by atoms with Crippen LogP contribution in [-0.2, 0) is 4.79 Å². The molecule has 0 aliphatic rings. The number of amides is 1. The van der Waals surface area contributed by atoms with Crippen LogP contribution in [0.2, 0.25) is 5.02 Å². The molecule has 0 atom stereocenters. The highest BCUT2D eigenvalue weighted by molar-refractivity contribution is 6.32. The summed E-state index contributed by atoms with van der Waals surface area (Å²) >= 11 is 6.07. The van der Waals surface area contributed by atoms with Gasteiger partial charge in [0.2, 0.25) is 0 Å². The number of halogens is 1. The number of hydrazone groups is 1. The lowest BCUT2D eigenvalue weighted by Crippen LogP contribution is -2.24. The van der Waals surface area contributed by atoms with Crippen molar-refractivity contribution in [1.82, 2.24) is 5.43 Å². The SMILES string of the molecule is Cc1cc(OCC(=O)N/N=C/c2ccc([N+](=O)[O-])cc2)cc(C)c1Cl. The molecule has 0 fully saturated rings. The van der Waals surface area contributed by atoms with Crippen LogP contribution in [0.1, 0.15) is 16.7 Å². The van der Waals surface area contributed by atoms with Gasteiger partial charge in [-0.3, -0.25) is 14.9 Å². The average Bonchev–Trinajstić information content (AvgIpc) is 2.58. The first-order valence-corrected chi connectivity index (χ1v) is 7.70. The Bertz CT molecular complexity index is 796. The summed E-state index contributed by atoms with van der Waals surface area (Å²) in [6.45, 7) is 3.52. The molecule has 0 aliphatic carbocycles. The number of ether oxygens (including phenoxy) is 1. The molecule has 0 heterocycles. The van der Waals surface area contributed by atoms with Crippen LogP contribution in [0.5, 0.6) is 5.75 Å². The van der Waals surface area contributed by atoms with E-state index in [1.165, 1.54) is 30.5 Å². The van der Waals surface area contributed by atoms with Crippen molar-refractivity contribution in [3.8, 4) is 5.75 Å². The Balaban J connectivity index is 1.85. The van der Waals surface area contributed by atoms with E-state index >= 15 is 0 Å². The van der Waals surface area contributed by atoms with Crippen LogP contribution in [-0.4, -0.2) is 23.7 Å². The van der Waals surface area contributed by atoms with E-state index in [1.54, 1.807) is 12.1 Å². The molecule has 7 nitrogen and oxygen atoms in total. The second kappa shape index (κ2) is 8.25. The van der Waals surface area contributed by atoms with Gasteiger partial charge in [0.25, 0.3) is 11.6 Å². The van der Waals surface area contributed by atoms with Crippen molar-refractivity contribution in [2.24, 2.45) is 5.10 Å². The van der Waals surface area contributed by atoms with Crippen LogP contribution in [0.15, 0.2) is 41.5 Å². The molecule has 1 N–H and O–H groups in total. The van der Waals surface area contributed by atoms with Gasteiger partial charge in [-0.05, 0) is 54.8 Å². The zero-order valence-electron chi connectivity index (χ0n) is 13.7. The largest absolute Gasteiger partial charge is 0.484 e. The number of hydrogen-bond acceptors (Lipinski definition) is 5. The summed E-state index contributed by atoms with van der Waals surface area (Å²) < 4.78 is 5.41. The van der Waals surface area contributed by atoms with E-state index in [-0.39, 0.29) is 12.3 Å². The number of carbonyl (C=O) groups excluding carboxylic acids is 1. The van der Waals surface area contributed by atoms with Crippen molar-refractivity contribution in [3.05, 3.63) is 68.2 Å². The van der Waals surface area contributed by atoms with E-state index in [0.29, 0.717) is 16.3 Å². The summed E-state index contributed by atoms with van der Waals surface area (Å²) in [5.74, 6) is 0.123. The molecule has 0 aliphatic heterocycles. The minimum absolute atomic E-state index is 0.0110. The predicted molar refractivity (Wildman–Crippen MR) is 95.3 cm³/mol. The van der Waals surface area contributed by atoms with Crippen LogP contribution < -0.4 is 10.2 Å². The van der Waals surface area contributed by atoms with Crippen molar-refractivity contribution in [3.63, 3.8) is 0 Å². The Kier molecular flexibility index (Phi) is 6.08. The summed E-state index contributed by atoms with van der Waals surface area (Å²) in [5, 5.41) is 15.0. The fourth-order valence-corrected chi connectivity index (χ4v) is 2.14. The third kappa shape index (κ3) is 5.29. The first-order chi connectivity index (χ1) is 11.9. The molecular weight excluding hydrogens is 346 g/mol. The second-order valence-corrected chi connectivity index (χ2v) is 5.68. The highest BCUT2D eigenvalue weighted by atomic mass is 35.5. The number of hydrogen-bond donors (Lipinski definition) is 1. The van der Waals surface area contributed by atoms with Gasteiger partial charge in [-0.2, -0.15) is 5.10 Å². The highest BCUT2D eigenvalue weighted by Gasteiger charge is 2.06. The van der Waals surface area contributed by atoms with Gasteiger partial charge < -0.3 is 4.74 Å². The molecule has 0 aromatic heterocycles. The molecule has 130 valence electrons. The van der Waals surface area contributed by atoms with E-state index in [1.807, 2.05) is 13.8 Å². The third-order valence-corrected chi connectivity index (χ3v) is 3.88. The Morgan fingerprint density at radius 3 is 2.44 bits per heavy atom. The maximum atomic E-state index is 11.7. The zero-order valence-corrected chi connectivity index (χ0v) is 14.4. The molecule has 0 radical (unpaired) electrons. The van der Waals surface area contributed by atoms with E-state index in [4.69, 9.17) is 16.3 Å². The predicted octanol–water partition coefficient (Wildman–Crippen LogP) is 3.39.